The Balaban J connectivity index is 1.69. The molecule has 0 bridgehead atoms. The predicted molar refractivity (Wildman–Crippen MR) is 89.0 cm³/mol. The number of nitrogens with one attached hydrogen (secondary N) is 1. The van der Waals surface area contributed by atoms with Gasteiger partial charge in [0.25, 0.3) is 0 Å². The first-order valence-corrected chi connectivity index (χ1v) is 8.36. The van der Waals surface area contributed by atoms with Crippen molar-refractivity contribution < 1.29 is 9.47 Å². The minimum atomic E-state index is 0.0634. The van der Waals surface area contributed by atoms with Crippen LogP contribution in [0.25, 0.3) is 0 Å². The van der Waals surface area contributed by atoms with Crippen LogP contribution in [0.3, 0.4) is 0 Å². The standard InChI is InChI=1S/C18H28N2O2/c1-14-10-16-17(22-13-18(2,3)12-21-16)11-15(14)4-7-20-8-5-19-6-9-20/h10-11,19H,4-9,12-13H2,1-3H3. The molecule has 0 amide bonds. The molecule has 122 valence electrons. The molecule has 0 aliphatic carbocycles. The Bertz CT molecular complexity index is 522. The average molecular weight is 304 g/mol. The lowest BCUT2D eigenvalue weighted by atomic mass is 9.97. The summed E-state index contributed by atoms with van der Waals surface area (Å²) in [5, 5.41) is 3.40. The number of ether oxygens (including phenoxy) is 2. The van der Waals surface area contributed by atoms with Crippen LogP contribution in [-0.2, 0) is 6.42 Å². The van der Waals surface area contributed by atoms with E-state index in [1.165, 1.54) is 11.1 Å². The van der Waals surface area contributed by atoms with E-state index in [-0.39, 0.29) is 5.41 Å². The topological polar surface area (TPSA) is 33.7 Å². The Hall–Kier alpha value is -1.26. The average Bonchev–Trinajstić information content (AvgIpc) is 2.65. The monoisotopic (exact) mass is 304 g/mol. The molecular formula is C18H28N2O2. The second kappa shape index (κ2) is 6.47. The summed E-state index contributed by atoms with van der Waals surface area (Å²) in [6.45, 7) is 13.6. The summed E-state index contributed by atoms with van der Waals surface area (Å²) in [5.41, 5.74) is 2.74. The van der Waals surface area contributed by atoms with Gasteiger partial charge in [-0.25, -0.2) is 0 Å². The molecule has 3 rings (SSSR count). The van der Waals surface area contributed by atoms with Gasteiger partial charge in [0.1, 0.15) is 0 Å². The molecule has 4 heteroatoms. The number of fused-ring (bicyclic) bond motifs is 1. The van der Waals surface area contributed by atoms with Gasteiger partial charge in [-0.15, -0.1) is 0 Å². The summed E-state index contributed by atoms with van der Waals surface area (Å²) in [4.78, 5) is 2.53. The molecule has 4 nitrogen and oxygen atoms in total. The molecule has 2 heterocycles. The predicted octanol–water partition coefficient (Wildman–Crippen LogP) is 2.24. The highest BCUT2D eigenvalue weighted by Crippen LogP contribution is 2.36. The number of benzene rings is 1. The van der Waals surface area contributed by atoms with E-state index in [9.17, 15) is 0 Å². The Morgan fingerprint density at radius 3 is 2.41 bits per heavy atom. The summed E-state index contributed by atoms with van der Waals surface area (Å²) in [7, 11) is 0. The quantitative estimate of drug-likeness (QED) is 0.928. The van der Waals surface area contributed by atoms with Gasteiger partial charge in [0.2, 0.25) is 0 Å². The first-order chi connectivity index (χ1) is 10.5. The van der Waals surface area contributed by atoms with Gasteiger partial charge < -0.3 is 19.7 Å². The molecule has 2 aliphatic rings. The summed E-state index contributed by atoms with van der Waals surface area (Å²) in [6.07, 6.45) is 1.08. The lowest BCUT2D eigenvalue weighted by molar-refractivity contribution is 0.140. The summed E-state index contributed by atoms with van der Waals surface area (Å²) in [5.74, 6) is 1.81. The number of hydrogen-bond acceptors (Lipinski definition) is 4. The highest BCUT2D eigenvalue weighted by molar-refractivity contribution is 5.47. The van der Waals surface area contributed by atoms with Gasteiger partial charge >= 0.3 is 0 Å². The molecule has 0 atom stereocenters. The minimum absolute atomic E-state index is 0.0634. The zero-order valence-corrected chi connectivity index (χ0v) is 14.1. The van der Waals surface area contributed by atoms with Gasteiger partial charge in [0.15, 0.2) is 11.5 Å². The first-order valence-electron chi connectivity index (χ1n) is 8.36. The van der Waals surface area contributed by atoms with Crippen LogP contribution in [-0.4, -0.2) is 50.8 Å². The normalized spacial score (nSPS) is 21.4. The Kier molecular flexibility index (Phi) is 4.59. The molecule has 2 aliphatic heterocycles. The smallest absolute Gasteiger partial charge is 0.161 e. The Labute approximate surface area is 133 Å². The molecule has 0 radical (unpaired) electrons. The second-order valence-corrected chi connectivity index (χ2v) is 7.31. The second-order valence-electron chi connectivity index (χ2n) is 7.31. The van der Waals surface area contributed by atoms with Crippen molar-refractivity contribution in [1.82, 2.24) is 10.2 Å². The van der Waals surface area contributed by atoms with E-state index in [1.807, 2.05) is 0 Å². The maximum atomic E-state index is 6.00. The van der Waals surface area contributed by atoms with Crippen LogP contribution < -0.4 is 14.8 Å². The molecule has 0 spiro atoms. The van der Waals surface area contributed by atoms with E-state index in [0.717, 1.165) is 50.6 Å². The Morgan fingerprint density at radius 1 is 1.09 bits per heavy atom. The van der Waals surface area contributed by atoms with Crippen LogP contribution in [0.1, 0.15) is 25.0 Å². The number of piperazine rings is 1. The molecule has 0 saturated carbocycles. The maximum absolute atomic E-state index is 6.00. The minimum Gasteiger partial charge on any atom is -0.489 e. The van der Waals surface area contributed by atoms with Crippen molar-refractivity contribution >= 4 is 0 Å². The molecule has 1 aromatic carbocycles. The van der Waals surface area contributed by atoms with Crippen molar-refractivity contribution in [2.24, 2.45) is 5.41 Å². The van der Waals surface area contributed by atoms with E-state index < -0.39 is 0 Å². The zero-order valence-electron chi connectivity index (χ0n) is 14.1. The van der Waals surface area contributed by atoms with E-state index in [2.05, 4.69) is 43.1 Å². The maximum Gasteiger partial charge on any atom is 0.161 e. The van der Waals surface area contributed by atoms with Gasteiger partial charge in [-0.1, -0.05) is 13.8 Å². The van der Waals surface area contributed by atoms with Gasteiger partial charge in [0, 0.05) is 38.1 Å². The fourth-order valence-corrected chi connectivity index (χ4v) is 3.00. The van der Waals surface area contributed by atoms with Gasteiger partial charge in [-0.2, -0.15) is 0 Å². The third-order valence-electron chi connectivity index (χ3n) is 4.55. The zero-order chi connectivity index (χ0) is 15.6. The van der Waals surface area contributed by atoms with Gasteiger partial charge in [-0.05, 0) is 36.6 Å². The van der Waals surface area contributed by atoms with Crippen LogP contribution >= 0.6 is 0 Å². The summed E-state index contributed by atoms with van der Waals surface area (Å²) >= 11 is 0. The van der Waals surface area contributed by atoms with Crippen molar-refractivity contribution in [2.45, 2.75) is 27.2 Å². The highest BCUT2D eigenvalue weighted by Gasteiger charge is 2.25. The van der Waals surface area contributed by atoms with E-state index >= 15 is 0 Å². The molecule has 1 fully saturated rings. The lowest BCUT2D eigenvalue weighted by Gasteiger charge is -2.27. The SMILES string of the molecule is Cc1cc2c(cc1CCN1CCNCC1)OCC(C)(C)CO2. The van der Waals surface area contributed by atoms with E-state index in [4.69, 9.17) is 9.47 Å². The summed E-state index contributed by atoms with van der Waals surface area (Å²) < 4.78 is 12.0. The van der Waals surface area contributed by atoms with Crippen LogP contribution in [0.4, 0.5) is 0 Å². The molecule has 0 aromatic heterocycles. The molecule has 0 unspecified atom stereocenters. The van der Waals surface area contributed by atoms with Crippen LogP contribution in [0.2, 0.25) is 0 Å². The molecule has 1 N–H and O–H groups in total. The highest BCUT2D eigenvalue weighted by atomic mass is 16.5. The van der Waals surface area contributed by atoms with Crippen molar-refractivity contribution in [3.05, 3.63) is 23.3 Å². The fraction of sp³-hybridized carbons (Fsp3) is 0.667. The van der Waals surface area contributed by atoms with Crippen LogP contribution in [0.5, 0.6) is 11.5 Å². The first kappa shape index (κ1) is 15.6. The van der Waals surface area contributed by atoms with Gasteiger partial charge in [0.05, 0.1) is 13.2 Å². The molecule has 1 aromatic rings. The van der Waals surface area contributed by atoms with Crippen molar-refractivity contribution in [2.75, 3.05) is 45.9 Å². The van der Waals surface area contributed by atoms with E-state index in [0.29, 0.717) is 13.2 Å². The third-order valence-corrected chi connectivity index (χ3v) is 4.55. The molecule has 1 saturated heterocycles. The number of aryl methyl sites for hydroxylation is 1. The summed E-state index contributed by atoms with van der Waals surface area (Å²) in [6, 6.07) is 4.33. The van der Waals surface area contributed by atoms with Crippen molar-refractivity contribution in [3.8, 4) is 11.5 Å². The van der Waals surface area contributed by atoms with Crippen molar-refractivity contribution in [1.29, 1.82) is 0 Å². The third kappa shape index (κ3) is 3.73. The number of nitrogens with zero attached hydrogens (tertiary/aromatic N) is 1. The van der Waals surface area contributed by atoms with E-state index in [1.54, 1.807) is 0 Å². The number of rotatable bonds is 3. The largest absolute Gasteiger partial charge is 0.489 e. The molecule has 22 heavy (non-hydrogen) atoms. The van der Waals surface area contributed by atoms with Crippen LogP contribution in [0, 0.1) is 12.3 Å². The van der Waals surface area contributed by atoms with Crippen molar-refractivity contribution in [3.63, 3.8) is 0 Å². The fourth-order valence-electron chi connectivity index (χ4n) is 3.00. The number of hydrogen-bond donors (Lipinski definition) is 1. The van der Waals surface area contributed by atoms with Gasteiger partial charge in [-0.3, -0.25) is 0 Å². The molecular weight excluding hydrogens is 276 g/mol. The lowest BCUT2D eigenvalue weighted by Crippen LogP contribution is -2.44. The Morgan fingerprint density at radius 2 is 1.73 bits per heavy atom. The van der Waals surface area contributed by atoms with Crippen LogP contribution in [0.15, 0.2) is 12.1 Å².